The molecule has 1 aromatic carbocycles. The molecule has 0 aromatic heterocycles. The van der Waals surface area contributed by atoms with Crippen LogP contribution in [0.25, 0.3) is 0 Å². The van der Waals surface area contributed by atoms with Gasteiger partial charge in [0.15, 0.2) is 0 Å². The molecule has 4 heteroatoms. The first-order chi connectivity index (χ1) is 9.70. The van der Waals surface area contributed by atoms with E-state index in [1.54, 1.807) is 19.2 Å². The third-order valence-corrected chi connectivity index (χ3v) is 3.67. The van der Waals surface area contributed by atoms with Gasteiger partial charge in [0.2, 0.25) is 0 Å². The predicted molar refractivity (Wildman–Crippen MR) is 78.1 cm³/mol. The fourth-order valence-electron chi connectivity index (χ4n) is 2.51. The molecule has 4 nitrogen and oxygen atoms in total. The molecule has 2 unspecified atom stereocenters. The summed E-state index contributed by atoms with van der Waals surface area (Å²) >= 11 is 0. The van der Waals surface area contributed by atoms with Crippen molar-refractivity contribution in [2.45, 2.75) is 44.8 Å². The summed E-state index contributed by atoms with van der Waals surface area (Å²) in [5, 5.41) is 3.02. The Morgan fingerprint density at radius 2 is 2.30 bits per heavy atom. The average molecular weight is 277 g/mol. The molecule has 2 atom stereocenters. The molecule has 0 bridgehead atoms. The van der Waals surface area contributed by atoms with Crippen LogP contribution in [-0.2, 0) is 4.74 Å². The first kappa shape index (κ1) is 14.9. The van der Waals surface area contributed by atoms with E-state index in [0.29, 0.717) is 17.4 Å². The zero-order chi connectivity index (χ0) is 14.4. The highest BCUT2D eigenvalue weighted by Gasteiger charge is 2.18. The van der Waals surface area contributed by atoms with Gasteiger partial charge in [-0.2, -0.15) is 0 Å². The molecule has 1 aliphatic heterocycles. The first-order valence-electron chi connectivity index (χ1n) is 7.26. The summed E-state index contributed by atoms with van der Waals surface area (Å²) in [6.45, 7) is 2.91. The van der Waals surface area contributed by atoms with Crippen LogP contribution >= 0.6 is 0 Å². The van der Waals surface area contributed by atoms with E-state index in [9.17, 15) is 4.79 Å². The molecule has 1 amide bonds. The molecule has 1 N–H and O–H groups in total. The second kappa shape index (κ2) is 7.29. The number of rotatable bonds is 6. The highest BCUT2D eigenvalue weighted by Crippen LogP contribution is 2.19. The largest absolute Gasteiger partial charge is 0.496 e. The minimum atomic E-state index is -0.0812. The number of hydrogen-bond acceptors (Lipinski definition) is 3. The number of methoxy groups -OCH3 is 1. The van der Waals surface area contributed by atoms with E-state index in [1.807, 2.05) is 19.1 Å². The molecule has 2 rings (SSSR count). The minimum Gasteiger partial charge on any atom is -0.496 e. The molecule has 110 valence electrons. The van der Waals surface area contributed by atoms with Gasteiger partial charge in [-0.05, 0) is 44.7 Å². The summed E-state index contributed by atoms with van der Waals surface area (Å²) < 4.78 is 10.8. The number of amides is 1. The summed E-state index contributed by atoms with van der Waals surface area (Å²) in [6.07, 6.45) is 4.62. The van der Waals surface area contributed by atoms with E-state index in [0.717, 1.165) is 32.3 Å². The van der Waals surface area contributed by atoms with Gasteiger partial charge in [0.05, 0.1) is 18.8 Å². The van der Waals surface area contributed by atoms with E-state index < -0.39 is 0 Å². The normalized spacial score (nSPS) is 19.6. The third-order valence-electron chi connectivity index (χ3n) is 3.67. The van der Waals surface area contributed by atoms with Crippen molar-refractivity contribution in [1.82, 2.24) is 5.32 Å². The average Bonchev–Trinajstić information content (AvgIpc) is 2.98. The Labute approximate surface area is 120 Å². The lowest BCUT2D eigenvalue weighted by Gasteiger charge is -2.17. The van der Waals surface area contributed by atoms with Crippen LogP contribution in [0.1, 0.15) is 43.0 Å². The van der Waals surface area contributed by atoms with Crippen molar-refractivity contribution in [3.05, 3.63) is 29.8 Å². The number of nitrogens with one attached hydrogen (secondary N) is 1. The maximum atomic E-state index is 12.2. The maximum Gasteiger partial charge on any atom is 0.255 e. The van der Waals surface area contributed by atoms with E-state index in [2.05, 4.69) is 5.32 Å². The summed E-state index contributed by atoms with van der Waals surface area (Å²) in [5.41, 5.74) is 0.582. The Bertz CT molecular complexity index is 441. The van der Waals surface area contributed by atoms with Gasteiger partial charge in [-0.25, -0.2) is 0 Å². The van der Waals surface area contributed by atoms with E-state index in [4.69, 9.17) is 9.47 Å². The van der Waals surface area contributed by atoms with Crippen molar-refractivity contribution >= 4 is 5.91 Å². The lowest BCUT2D eigenvalue weighted by atomic mass is 10.1. The summed E-state index contributed by atoms with van der Waals surface area (Å²) in [4.78, 5) is 12.2. The molecule has 0 aliphatic carbocycles. The molecule has 0 spiro atoms. The smallest absolute Gasteiger partial charge is 0.255 e. The molecule has 1 fully saturated rings. The molecule has 1 aromatic rings. The number of ether oxygens (including phenoxy) is 2. The van der Waals surface area contributed by atoms with Gasteiger partial charge in [-0.3, -0.25) is 4.79 Å². The van der Waals surface area contributed by atoms with Crippen molar-refractivity contribution in [3.8, 4) is 5.75 Å². The molecular formula is C16H23NO3. The highest BCUT2D eigenvalue weighted by atomic mass is 16.5. The highest BCUT2D eigenvalue weighted by molar-refractivity contribution is 5.97. The Morgan fingerprint density at radius 1 is 1.50 bits per heavy atom. The van der Waals surface area contributed by atoms with Crippen LogP contribution in [0.5, 0.6) is 5.75 Å². The summed E-state index contributed by atoms with van der Waals surface area (Å²) in [7, 11) is 1.58. The van der Waals surface area contributed by atoms with Crippen LogP contribution in [0.2, 0.25) is 0 Å². The summed E-state index contributed by atoms with van der Waals surface area (Å²) in [6, 6.07) is 7.41. The van der Waals surface area contributed by atoms with Crippen molar-refractivity contribution in [2.24, 2.45) is 0 Å². The van der Waals surface area contributed by atoms with Crippen LogP contribution in [0.3, 0.4) is 0 Å². The lowest BCUT2D eigenvalue weighted by Crippen LogP contribution is -2.33. The zero-order valence-corrected chi connectivity index (χ0v) is 12.2. The molecule has 20 heavy (non-hydrogen) atoms. The SMILES string of the molecule is COc1ccccc1C(=O)NC(C)CCC1CCCO1. The van der Waals surface area contributed by atoms with Crippen molar-refractivity contribution in [1.29, 1.82) is 0 Å². The minimum absolute atomic E-state index is 0.0812. The van der Waals surface area contributed by atoms with Crippen LogP contribution in [-0.4, -0.2) is 31.8 Å². The second-order valence-corrected chi connectivity index (χ2v) is 5.29. The van der Waals surface area contributed by atoms with Gasteiger partial charge >= 0.3 is 0 Å². The number of hydrogen-bond donors (Lipinski definition) is 1. The molecule has 1 heterocycles. The van der Waals surface area contributed by atoms with Gasteiger partial charge in [-0.1, -0.05) is 12.1 Å². The fraction of sp³-hybridized carbons (Fsp3) is 0.562. The van der Waals surface area contributed by atoms with Gasteiger partial charge < -0.3 is 14.8 Å². The molecule has 1 saturated heterocycles. The lowest BCUT2D eigenvalue weighted by molar-refractivity contribution is 0.0897. The molecule has 0 saturated carbocycles. The Hall–Kier alpha value is -1.55. The third kappa shape index (κ3) is 3.97. The van der Waals surface area contributed by atoms with Crippen LogP contribution in [0, 0.1) is 0 Å². The quantitative estimate of drug-likeness (QED) is 0.869. The van der Waals surface area contributed by atoms with Gasteiger partial charge in [-0.15, -0.1) is 0 Å². The van der Waals surface area contributed by atoms with E-state index >= 15 is 0 Å². The first-order valence-corrected chi connectivity index (χ1v) is 7.26. The van der Waals surface area contributed by atoms with Crippen molar-refractivity contribution < 1.29 is 14.3 Å². The van der Waals surface area contributed by atoms with E-state index in [-0.39, 0.29) is 11.9 Å². The molecule has 0 radical (unpaired) electrons. The van der Waals surface area contributed by atoms with E-state index in [1.165, 1.54) is 0 Å². The maximum absolute atomic E-state index is 12.2. The topological polar surface area (TPSA) is 47.6 Å². The number of carbonyl (C=O) groups excluding carboxylic acids is 1. The fourth-order valence-corrected chi connectivity index (χ4v) is 2.51. The van der Waals surface area contributed by atoms with Gasteiger partial charge in [0.25, 0.3) is 5.91 Å². The standard InChI is InChI=1S/C16H23NO3/c1-12(9-10-13-6-5-11-20-13)17-16(18)14-7-3-4-8-15(14)19-2/h3-4,7-8,12-13H,5-6,9-11H2,1-2H3,(H,17,18). The van der Waals surface area contributed by atoms with Crippen LogP contribution < -0.4 is 10.1 Å². The number of benzene rings is 1. The van der Waals surface area contributed by atoms with Crippen molar-refractivity contribution in [3.63, 3.8) is 0 Å². The molecular weight excluding hydrogens is 254 g/mol. The van der Waals surface area contributed by atoms with Crippen LogP contribution in [0.4, 0.5) is 0 Å². The Kier molecular flexibility index (Phi) is 5.41. The predicted octanol–water partition coefficient (Wildman–Crippen LogP) is 2.77. The number of para-hydroxylation sites is 1. The second-order valence-electron chi connectivity index (χ2n) is 5.29. The van der Waals surface area contributed by atoms with Gasteiger partial charge in [0, 0.05) is 12.6 Å². The zero-order valence-electron chi connectivity index (χ0n) is 12.2. The summed E-state index contributed by atoms with van der Waals surface area (Å²) in [5.74, 6) is 0.526. The molecule has 1 aliphatic rings. The Balaban J connectivity index is 1.83. The Morgan fingerprint density at radius 3 is 3.00 bits per heavy atom. The van der Waals surface area contributed by atoms with Gasteiger partial charge in [0.1, 0.15) is 5.75 Å². The monoisotopic (exact) mass is 277 g/mol. The van der Waals surface area contributed by atoms with Crippen molar-refractivity contribution in [2.75, 3.05) is 13.7 Å². The number of carbonyl (C=O) groups is 1. The van der Waals surface area contributed by atoms with Crippen LogP contribution in [0.15, 0.2) is 24.3 Å².